The van der Waals surface area contributed by atoms with Crippen LogP contribution in [-0.4, -0.2) is 26.6 Å². The Morgan fingerprint density at radius 2 is 1.83 bits per heavy atom. The quantitative estimate of drug-likeness (QED) is 0.514. The molecule has 2 aromatic heterocycles. The minimum Gasteiger partial charge on any atom is -0.293 e. The van der Waals surface area contributed by atoms with Crippen molar-refractivity contribution in [1.29, 1.82) is 0 Å². The van der Waals surface area contributed by atoms with E-state index in [1.54, 1.807) is 6.92 Å². The first-order valence-electron chi connectivity index (χ1n) is 9.24. The van der Waals surface area contributed by atoms with Gasteiger partial charge in [0.15, 0.2) is 0 Å². The van der Waals surface area contributed by atoms with E-state index in [9.17, 15) is 18.8 Å². The Kier molecular flexibility index (Phi) is 4.14. The van der Waals surface area contributed by atoms with Crippen LogP contribution in [0.4, 0.5) is 10.1 Å². The van der Waals surface area contributed by atoms with E-state index < -0.39 is 29.1 Å². The van der Waals surface area contributed by atoms with Crippen LogP contribution >= 0.6 is 11.3 Å². The second kappa shape index (κ2) is 6.74. The molecule has 7 nitrogen and oxygen atoms in total. The number of anilines is 1. The summed E-state index contributed by atoms with van der Waals surface area (Å²) >= 11 is 1.35. The molecule has 1 unspecified atom stereocenters. The van der Waals surface area contributed by atoms with Gasteiger partial charge in [-0.05, 0) is 43.3 Å². The van der Waals surface area contributed by atoms with Gasteiger partial charge in [0.25, 0.3) is 5.56 Å². The number of H-pyrrole nitrogens is 1. The molecule has 0 bridgehead atoms. The van der Waals surface area contributed by atoms with Crippen molar-refractivity contribution in [3.63, 3.8) is 0 Å². The molecule has 1 aliphatic heterocycles. The SMILES string of the molecule is Cc1[nH]n(-c2nc3ccccc3s2)c(=O)c1C1CC(=O)N(c2ccc(F)cc2)C1=O. The predicted molar refractivity (Wildman–Crippen MR) is 111 cm³/mol. The van der Waals surface area contributed by atoms with Crippen molar-refractivity contribution in [2.24, 2.45) is 0 Å². The van der Waals surface area contributed by atoms with E-state index in [4.69, 9.17) is 0 Å². The molecule has 1 atom stereocenters. The van der Waals surface area contributed by atoms with Crippen LogP contribution in [-0.2, 0) is 9.59 Å². The average Bonchev–Trinajstić information content (AvgIpc) is 3.36. The lowest BCUT2D eigenvalue weighted by atomic mass is 9.98. The van der Waals surface area contributed by atoms with E-state index in [1.165, 1.54) is 40.3 Å². The molecule has 0 spiro atoms. The summed E-state index contributed by atoms with van der Waals surface area (Å²) in [5.41, 5.74) is 1.41. The molecular formula is C21H15FN4O3S. The molecule has 4 aromatic rings. The predicted octanol–water partition coefficient (Wildman–Crippen LogP) is 3.27. The largest absolute Gasteiger partial charge is 0.293 e. The lowest BCUT2D eigenvalue weighted by Gasteiger charge is -2.14. The number of aryl methyl sites for hydroxylation is 1. The monoisotopic (exact) mass is 422 g/mol. The van der Waals surface area contributed by atoms with Crippen LogP contribution in [0.15, 0.2) is 53.3 Å². The average molecular weight is 422 g/mol. The first kappa shape index (κ1) is 18.4. The van der Waals surface area contributed by atoms with Crippen molar-refractivity contribution in [2.45, 2.75) is 19.3 Å². The summed E-state index contributed by atoms with van der Waals surface area (Å²) in [6.07, 6.45) is -0.121. The Balaban J connectivity index is 1.55. The van der Waals surface area contributed by atoms with Gasteiger partial charge in [0.05, 0.1) is 27.4 Å². The fourth-order valence-corrected chi connectivity index (χ4v) is 4.70. The number of fused-ring (bicyclic) bond motifs is 1. The van der Waals surface area contributed by atoms with Crippen LogP contribution in [0.5, 0.6) is 0 Å². The maximum absolute atomic E-state index is 13.2. The van der Waals surface area contributed by atoms with E-state index in [1.807, 2.05) is 24.3 Å². The van der Waals surface area contributed by atoms with Gasteiger partial charge in [0.1, 0.15) is 5.82 Å². The number of benzene rings is 2. The molecule has 5 rings (SSSR count). The van der Waals surface area contributed by atoms with Crippen LogP contribution in [0.1, 0.15) is 23.6 Å². The molecule has 3 heterocycles. The fourth-order valence-electron chi connectivity index (χ4n) is 3.78. The standard InChI is InChI=1S/C21H15FN4O3S/c1-11-18(14-10-17(27)25(19(14)28)13-8-6-12(22)7-9-13)20(29)26(24-11)21-23-15-4-2-3-5-16(15)30-21/h2-9,14,24H,10H2,1H3. The molecule has 1 N–H and O–H groups in total. The third kappa shape index (κ3) is 2.78. The summed E-state index contributed by atoms with van der Waals surface area (Å²) in [6, 6.07) is 12.6. The van der Waals surface area contributed by atoms with Gasteiger partial charge in [-0.2, -0.15) is 4.68 Å². The highest BCUT2D eigenvalue weighted by Gasteiger charge is 2.43. The van der Waals surface area contributed by atoms with E-state index in [0.717, 1.165) is 15.1 Å². The van der Waals surface area contributed by atoms with Gasteiger partial charge in [0, 0.05) is 12.1 Å². The third-order valence-electron chi connectivity index (χ3n) is 5.17. The number of aromatic nitrogens is 3. The van der Waals surface area contributed by atoms with Crippen LogP contribution in [0.25, 0.3) is 15.3 Å². The minimum absolute atomic E-state index is 0.121. The first-order valence-corrected chi connectivity index (χ1v) is 10.1. The number of para-hydroxylation sites is 1. The molecule has 150 valence electrons. The second-order valence-electron chi connectivity index (χ2n) is 7.06. The number of nitrogens with one attached hydrogen (secondary N) is 1. The molecule has 30 heavy (non-hydrogen) atoms. The molecule has 0 saturated carbocycles. The third-order valence-corrected chi connectivity index (χ3v) is 6.19. The zero-order valence-corrected chi connectivity index (χ0v) is 16.6. The van der Waals surface area contributed by atoms with Crippen LogP contribution in [0, 0.1) is 12.7 Å². The van der Waals surface area contributed by atoms with Crippen molar-refractivity contribution < 1.29 is 14.0 Å². The summed E-state index contributed by atoms with van der Waals surface area (Å²) in [5.74, 6) is -2.29. The maximum Gasteiger partial charge on any atom is 0.277 e. The normalized spacial score (nSPS) is 16.7. The Morgan fingerprint density at radius 1 is 1.10 bits per heavy atom. The number of thiazole rings is 1. The van der Waals surface area contributed by atoms with Gasteiger partial charge in [0.2, 0.25) is 16.9 Å². The Labute approximate surface area is 173 Å². The highest BCUT2D eigenvalue weighted by molar-refractivity contribution is 7.20. The van der Waals surface area contributed by atoms with E-state index in [2.05, 4.69) is 10.1 Å². The molecule has 1 aliphatic rings. The number of amides is 2. The van der Waals surface area contributed by atoms with E-state index in [0.29, 0.717) is 10.8 Å². The number of carbonyl (C=O) groups is 2. The highest BCUT2D eigenvalue weighted by atomic mass is 32.1. The van der Waals surface area contributed by atoms with Crippen molar-refractivity contribution in [3.8, 4) is 5.13 Å². The van der Waals surface area contributed by atoms with Gasteiger partial charge in [-0.25, -0.2) is 14.3 Å². The topological polar surface area (TPSA) is 88.1 Å². The number of hydrogen-bond acceptors (Lipinski definition) is 5. The first-order chi connectivity index (χ1) is 14.4. The zero-order chi connectivity index (χ0) is 21.0. The van der Waals surface area contributed by atoms with Crippen LogP contribution in [0.2, 0.25) is 0 Å². The van der Waals surface area contributed by atoms with Crippen molar-refractivity contribution >= 4 is 39.1 Å². The fraction of sp³-hybridized carbons (Fsp3) is 0.143. The van der Waals surface area contributed by atoms with Gasteiger partial charge in [-0.3, -0.25) is 19.5 Å². The Hall–Kier alpha value is -3.59. The number of carbonyl (C=O) groups excluding carboxylic acids is 2. The number of rotatable bonds is 3. The minimum atomic E-state index is -0.901. The summed E-state index contributed by atoms with van der Waals surface area (Å²) in [5, 5.41) is 3.45. The highest BCUT2D eigenvalue weighted by Crippen LogP contribution is 2.33. The van der Waals surface area contributed by atoms with Gasteiger partial charge in [-0.15, -0.1) is 0 Å². The molecule has 9 heteroatoms. The molecular weight excluding hydrogens is 407 g/mol. The summed E-state index contributed by atoms with van der Waals surface area (Å²) in [7, 11) is 0. The van der Waals surface area contributed by atoms with Gasteiger partial charge < -0.3 is 0 Å². The second-order valence-corrected chi connectivity index (χ2v) is 8.06. The number of halogens is 1. The van der Waals surface area contributed by atoms with Crippen molar-refractivity contribution in [3.05, 3.63) is 76.0 Å². The molecule has 2 amide bonds. The smallest absolute Gasteiger partial charge is 0.277 e. The molecule has 0 aliphatic carbocycles. The van der Waals surface area contributed by atoms with Gasteiger partial charge >= 0.3 is 0 Å². The molecule has 0 radical (unpaired) electrons. The molecule has 2 aromatic carbocycles. The van der Waals surface area contributed by atoms with Crippen LogP contribution in [0.3, 0.4) is 0 Å². The van der Waals surface area contributed by atoms with Crippen LogP contribution < -0.4 is 10.5 Å². The van der Waals surface area contributed by atoms with Gasteiger partial charge in [-0.1, -0.05) is 23.5 Å². The lowest BCUT2D eigenvalue weighted by Crippen LogP contribution is -2.31. The lowest BCUT2D eigenvalue weighted by molar-refractivity contribution is -0.121. The van der Waals surface area contributed by atoms with E-state index >= 15 is 0 Å². The summed E-state index contributed by atoms with van der Waals surface area (Å²) < 4.78 is 15.5. The number of hydrogen-bond donors (Lipinski definition) is 1. The maximum atomic E-state index is 13.2. The Morgan fingerprint density at radius 3 is 2.57 bits per heavy atom. The number of aromatic amines is 1. The molecule has 1 fully saturated rings. The summed E-state index contributed by atoms with van der Waals surface area (Å²) in [6.45, 7) is 1.69. The molecule has 1 saturated heterocycles. The zero-order valence-electron chi connectivity index (χ0n) is 15.8. The Bertz CT molecular complexity index is 1340. The number of imide groups is 1. The summed E-state index contributed by atoms with van der Waals surface area (Å²) in [4.78, 5) is 44.2. The van der Waals surface area contributed by atoms with Crippen molar-refractivity contribution in [2.75, 3.05) is 4.90 Å². The number of nitrogens with zero attached hydrogens (tertiary/aromatic N) is 3. The van der Waals surface area contributed by atoms with Crippen molar-refractivity contribution in [1.82, 2.24) is 14.8 Å². The van der Waals surface area contributed by atoms with E-state index in [-0.39, 0.29) is 17.7 Å².